The molecule has 0 spiro atoms. The van der Waals surface area contributed by atoms with E-state index in [1.165, 1.54) is 0 Å². The summed E-state index contributed by atoms with van der Waals surface area (Å²) in [6.45, 7) is 6.55. The summed E-state index contributed by atoms with van der Waals surface area (Å²) in [6, 6.07) is -0.139. The summed E-state index contributed by atoms with van der Waals surface area (Å²) in [4.78, 5) is 13.9. The number of nitrogens with zero attached hydrogens (tertiary/aromatic N) is 3. The first-order valence-electron chi connectivity index (χ1n) is 6.33. The van der Waals surface area contributed by atoms with Gasteiger partial charge in [-0.2, -0.15) is 5.10 Å². The Morgan fingerprint density at radius 2 is 2.39 bits per heavy atom. The third kappa shape index (κ3) is 2.39. The van der Waals surface area contributed by atoms with Gasteiger partial charge in [0.2, 0.25) is 5.91 Å². The molecule has 1 aromatic rings. The minimum atomic E-state index is -0.139. The van der Waals surface area contributed by atoms with Gasteiger partial charge in [0.15, 0.2) is 0 Å². The van der Waals surface area contributed by atoms with Crippen molar-refractivity contribution in [3.63, 3.8) is 0 Å². The molecule has 0 bridgehead atoms. The van der Waals surface area contributed by atoms with E-state index in [9.17, 15) is 4.79 Å². The molecule has 0 saturated carbocycles. The van der Waals surface area contributed by atoms with E-state index in [4.69, 9.17) is 5.11 Å². The molecule has 2 heterocycles. The van der Waals surface area contributed by atoms with Gasteiger partial charge < -0.3 is 10.4 Å². The second-order valence-electron chi connectivity index (χ2n) is 4.54. The van der Waals surface area contributed by atoms with Gasteiger partial charge in [0.25, 0.3) is 0 Å². The van der Waals surface area contributed by atoms with Crippen LogP contribution in [-0.4, -0.2) is 44.9 Å². The molecule has 1 aromatic heterocycles. The number of hydrogen-bond acceptors (Lipinski definition) is 4. The predicted molar refractivity (Wildman–Crippen MR) is 66.7 cm³/mol. The molecule has 0 saturated heterocycles. The molecular weight excluding hydrogens is 232 g/mol. The van der Waals surface area contributed by atoms with Crippen LogP contribution in [0.5, 0.6) is 0 Å². The van der Waals surface area contributed by atoms with Crippen LogP contribution < -0.4 is 5.32 Å². The van der Waals surface area contributed by atoms with Crippen molar-refractivity contribution in [2.45, 2.75) is 39.5 Å². The maximum Gasteiger partial charge on any atom is 0.237 e. The molecule has 0 fully saturated rings. The molecule has 0 aliphatic carbocycles. The normalized spacial score (nSPS) is 16.6. The maximum absolute atomic E-state index is 11.8. The van der Waals surface area contributed by atoms with Crippen molar-refractivity contribution in [3.05, 3.63) is 17.5 Å². The summed E-state index contributed by atoms with van der Waals surface area (Å²) >= 11 is 0. The van der Waals surface area contributed by atoms with Gasteiger partial charge in [0.1, 0.15) is 0 Å². The number of carbonyl (C=O) groups is 1. The Bertz CT molecular complexity index is 430. The zero-order chi connectivity index (χ0) is 13.1. The number of rotatable bonds is 5. The van der Waals surface area contributed by atoms with Gasteiger partial charge in [-0.05, 0) is 13.8 Å². The number of carbonyl (C=O) groups excluding carboxylic acids is 1. The lowest BCUT2D eigenvalue weighted by Crippen LogP contribution is -2.42. The smallest absolute Gasteiger partial charge is 0.237 e. The van der Waals surface area contributed by atoms with Crippen LogP contribution in [0.15, 0.2) is 6.20 Å². The van der Waals surface area contributed by atoms with Gasteiger partial charge in [0, 0.05) is 25.2 Å². The van der Waals surface area contributed by atoms with E-state index in [0.717, 1.165) is 17.8 Å². The number of likely N-dealkylation sites (N-methyl/N-ethyl adjacent to an activating group) is 1. The maximum atomic E-state index is 11.8. The van der Waals surface area contributed by atoms with Gasteiger partial charge in [-0.25, -0.2) is 0 Å². The van der Waals surface area contributed by atoms with E-state index in [1.807, 2.05) is 24.7 Å². The SMILES string of the molecule is CCNC(=O)[C@@H](C)N1Cc2cnn(CCO)c2C1. The Labute approximate surface area is 107 Å². The molecule has 0 aromatic carbocycles. The highest BCUT2D eigenvalue weighted by Crippen LogP contribution is 2.24. The largest absolute Gasteiger partial charge is 0.394 e. The highest BCUT2D eigenvalue weighted by molar-refractivity contribution is 5.81. The first kappa shape index (κ1) is 13.0. The lowest BCUT2D eigenvalue weighted by atomic mass is 10.2. The molecule has 100 valence electrons. The van der Waals surface area contributed by atoms with E-state index in [1.54, 1.807) is 0 Å². The summed E-state index contributed by atoms with van der Waals surface area (Å²) in [5.74, 6) is 0.0596. The summed E-state index contributed by atoms with van der Waals surface area (Å²) in [5, 5.41) is 16.0. The average molecular weight is 252 g/mol. The van der Waals surface area contributed by atoms with Crippen molar-refractivity contribution in [1.29, 1.82) is 0 Å². The molecule has 1 atom stereocenters. The highest BCUT2D eigenvalue weighted by Gasteiger charge is 2.29. The van der Waals surface area contributed by atoms with Gasteiger partial charge in [-0.15, -0.1) is 0 Å². The van der Waals surface area contributed by atoms with Crippen LogP contribution >= 0.6 is 0 Å². The molecule has 1 amide bonds. The number of nitrogens with one attached hydrogen (secondary N) is 1. The van der Waals surface area contributed by atoms with Crippen molar-refractivity contribution in [1.82, 2.24) is 20.0 Å². The summed E-state index contributed by atoms with van der Waals surface area (Å²) in [5.41, 5.74) is 2.26. The molecule has 0 unspecified atom stereocenters. The summed E-state index contributed by atoms with van der Waals surface area (Å²) < 4.78 is 1.82. The zero-order valence-electron chi connectivity index (χ0n) is 10.9. The summed E-state index contributed by atoms with van der Waals surface area (Å²) in [6.07, 6.45) is 1.83. The number of aromatic nitrogens is 2. The monoisotopic (exact) mass is 252 g/mol. The van der Waals surface area contributed by atoms with Crippen LogP contribution in [0.4, 0.5) is 0 Å². The van der Waals surface area contributed by atoms with Crippen molar-refractivity contribution in [2.24, 2.45) is 0 Å². The van der Waals surface area contributed by atoms with E-state index in [2.05, 4.69) is 15.3 Å². The fourth-order valence-corrected chi connectivity index (χ4v) is 2.28. The molecular formula is C12H20N4O2. The molecule has 0 radical (unpaired) electrons. The first-order chi connectivity index (χ1) is 8.67. The number of amides is 1. The Hall–Kier alpha value is -1.40. The number of hydrogen-bond donors (Lipinski definition) is 2. The molecule has 2 rings (SSSR count). The Morgan fingerprint density at radius 1 is 1.61 bits per heavy atom. The number of aliphatic hydroxyl groups excluding tert-OH is 1. The van der Waals surface area contributed by atoms with Crippen LogP contribution in [-0.2, 0) is 24.4 Å². The van der Waals surface area contributed by atoms with E-state index < -0.39 is 0 Å². The van der Waals surface area contributed by atoms with Gasteiger partial charge in [-0.3, -0.25) is 14.4 Å². The third-order valence-electron chi connectivity index (χ3n) is 3.35. The minimum absolute atomic E-state index is 0.0596. The number of fused-ring (bicyclic) bond motifs is 1. The van der Waals surface area contributed by atoms with Crippen LogP contribution in [0.25, 0.3) is 0 Å². The van der Waals surface area contributed by atoms with E-state index in [0.29, 0.717) is 19.6 Å². The Morgan fingerprint density at radius 3 is 3.06 bits per heavy atom. The minimum Gasteiger partial charge on any atom is -0.394 e. The molecule has 6 heteroatoms. The lowest BCUT2D eigenvalue weighted by molar-refractivity contribution is -0.126. The Balaban J connectivity index is 2.03. The van der Waals surface area contributed by atoms with Crippen LogP contribution in [0.3, 0.4) is 0 Å². The lowest BCUT2D eigenvalue weighted by Gasteiger charge is -2.22. The van der Waals surface area contributed by atoms with Gasteiger partial charge in [-0.1, -0.05) is 0 Å². The molecule has 1 aliphatic heterocycles. The van der Waals surface area contributed by atoms with Crippen molar-refractivity contribution >= 4 is 5.91 Å². The average Bonchev–Trinajstić information content (AvgIpc) is 2.91. The van der Waals surface area contributed by atoms with Crippen molar-refractivity contribution in [3.8, 4) is 0 Å². The Kier molecular flexibility index (Phi) is 3.98. The zero-order valence-corrected chi connectivity index (χ0v) is 10.9. The second kappa shape index (κ2) is 5.49. The standard InChI is InChI=1S/C12H20N4O2/c1-3-13-12(18)9(2)15-7-10-6-14-16(4-5-17)11(10)8-15/h6,9,17H,3-5,7-8H2,1-2H3,(H,13,18)/t9-/m1/s1. The topological polar surface area (TPSA) is 70.4 Å². The van der Waals surface area contributed by atoms with Crippen LogP contribution in [0.2, 0.25) is 0 Å². The molecule has 2 N–H and O–H groups in total. The summed E-state index contributed by atoms with van der Waals surface area (Å²) in [7, 11) is 0. The van der Waals surface area contributed by atoms with E-state index >= 15 is 0 Å². The fraction of sp³-hybridized carbons (Fsp3) is 0.667. The molecule has 6 nitrogen and oxygen atoms in total. The first-order valence-corrected chi connectivity index (χ1v) is 6.33. The van der Waals surface area contributed by atoms with Crippen molar-refractivity contribution in [2.75, 3.05) is 13.2 Å². The molecule has 1 aliphatic rings. The molecule has 18 heavy (non-hydrogen) atoms. The van der Waals surface area contributed by atoms with Crippen molar-refractivity contribution < 1.29 is 9.90 Å². The van der Waals surface area contributed by atoms with Crippen LogP contribution in [0.1, 0.15) is 25.1 Å². The third-order valence-corrected chi connectivity index (χ3v) is 3.35. The second-order valence-corrected chi connectivity index (χ2v) is 4.54. The fourth-order valence-electron chi connectivity index (χ4n) is 2.28. The van der Waals surface area contributed by atoms with Crippen LogP contribution in [0, 0.1) is 0 Å². The van der Waals surface area contributed by atoms with E-state index in [-0.39, 0.29) is 18.6 Å². The quantitative estimate of drug-likeness (QED) is 0.756. The number of aliphatic hydroxyl groups is 1. The van der Waals surface area contributed by atoms with Gasteiger partial charge in [0.05, 0.1) is 31.1 Å². The predicted octanol–water partition coefficient (Wildman–Crippen LogP) is -0.284. The van der Waals surface area contributed by atoms with Gasteiger partial charge >= 0.3 is 0 Å². The highest BCUT2D eigenvalue weighted by atomic mass is 16.3.